The smallest absolute Gasteiger partial charge is 0.273 e. The van der Waals surface area contributed by atoms with E-state index in [1.807, 2.05) is 63.2 Å². The van der Waals surface area contributed by atoms with Crippen LogP contribution in [0.3, 0.4) is 0 Å². The lowest BCUT2D eigenvalue weighted by Crippen LogP contribution is -2.32. The molecule has 0 bridgehead atoms. The molecule has 6 nitrogen and oxygen atoms in total. The molecule has 0 spiro atoms. The number of aryl methyl sites for hydroxylation is 3. The van der Waals surface area contributed by atoms with Gasteiger partial charge in [0.2, 0.25) is 5.78 Å². The average molecular weight is 491 g/mol. The van der Waals surface area contributed by atoms with Crippen LogP contribution in [-0.2, 0) is 0 Å². The number of rotatable bonds is 4. The highest BCUT2D eigenvalue weighted by Crippen LogP contribution is 2.25. The lowest BCUT2D eigenvalue weighted by molar-refractivity contribution is 0.105. The summed E-state index contributed by atoms with van der Waals surface area (Å²) < 4.78 is 2.26. The fourth-order valence-corrected chi connectivity index (χ4v) is 5.60. The summed E-state index contributed by atoms with van der Waals surface area (Å²) in [5.41, 5.74) is 4.83. The number of benzene rings is 2. The Balaban J connectivity index is 1.90. The standard InChI is InChI=1S/C29H22N4O2S/c1-17-7-6-8-18(2)26(17)33-28(35)24(15-20-11-13-31-14-12-20)36-29(33)22(16-30)27(34)25-19(3)32-23-10-5-4-9-21(23)25/h4-15,32H,1-3H3/b24-15-,29-22-. The van der Waals surface area contributed by atoms with Crippen molar-refractivity contribution in [2.45, 2.75) is 20.8 Å². The van der Waals surface area contributed by atoms with Gasteiger partial charge in [0.05, 0.1) is 15.8 Å². The molecule has 1 N–H and O–H groups in total. The first-order chi connectivity index (χ1) is 17.4. The van der Waals surface area contributed by atoms with Crippen molar-refractivity contribution in [1.82, 2.24) is 14.5 Å². The molecule has 0 saturated heterocycles. The molecule has 0 aliphatic rings. The highest BCUT2D eigenvalue weighted by molar-refractivity contribution is 7.07. The zero-order valence-corrected chi connectivity index (χ0v) is 20.8. The summed E-state index contributed by atoms with van der Waals surface area (Å²) in [6.07, 6.45) is 5.07. The maximum Gasteiger partial charge on any atom is 0.273 e. The number of aromatic amines is 1. The van der Waals surface area contributed by atoms with Crippen molar-refractivity contribution < 1.29 is 4.79 Å². The van der Waals surface area contributed by atoms with E-state index in [1.165, 1.54) is 4.57 Å². The molecular weight excluding hydrogens is 468 g/mol. The van der Waals surface area contributed by atoms with E-state index in [-0.39, 0.29) is 11.1 Å². The number of nitrogens with one attached hydrogen (secondary N) is 1. The number of H-pyrrole nitrogens is 1. The summed E-state index contributed by atoms with van der Waals surface area (Å²) >= 11 is 1.15. The van der Waals surface area contributed by atoms with Crippen molar-refractivity contribution in [1.29, 1.82) is 5.26 Å². The molecule has 176 valence electrons. The third kappa shape index (κ3) is 3.88. The number of carbonyl (C=O) groups is 1. The lowest BCUT2D eigenvalue weighted by atomic mass is 10.0. The van der Waals surface area contributed by atoms with Crippen LogP contribution in [0.1, 0.15) is 32.7 Å². The first-order valence-corrected chi connectivity index (χ1v) is 12.2. The summed E-state index contributed by atoms with van der Waals surface area (Å²) in [7, 11) is 0. The van der Waals surface area contributed by atoms with Gasteiger partial charge < -0.3 is 4.98 Å². The van der Waals surface area contributed by atoms with E-state index in [9.17, 15) is 14.9 Å². The van der Waals surface area contributed by atoms with Crippen LogP contribution < -0.4 is 14.8 Å². The number of pyridine rings is 1. The lowest BCUT2D eigenvalue weighted by Gasteiger charge is -2.11. The van der Waals surface area contributed by atoms with E-state index in [2.05, 4.69) is 16.0 Å². The molecule has 2 aromatic carbocycles. The number of hydrogen-bond donors (Lipinski definition) is 1. The van der Waals surface area contributed by atoms with Gasteiger partial charge in [-0.25, -0.2) is 0 Å². The van der Waals surface area contributed by atoms with Crippen LogP contribution in [-0.4, -0.2) is 20.3 Å². The molecule has 0 amide bonds. The molecule has 3 heterocycles. The molecule has 36 heavy (non-hydrogen) atoms. The Bertz CT molecular complexity index is 1850. The number of thiazole rings is 1. The van der Waals surface area contributed by atoms with Crippen molar-refractivity contribution in [3.05, 3.63) is 114 Å². The molecule has 0 radical (unpaired) electrons. The number of ketones is 1. The summed E-state index contributed by atoms with van der Waals surface area (Å²) in [5, 5.41) is 11.0. The number of nitriles is 1. The monoisotopic (exact) mass is 490 g/mol. The molecule has 0 aliphatic heterocycles. The van der Waals surface area contributed by atoms with Crippen molar-refractivity contribution >= 4 is 39.7 Å². The zero-order valence-electron chi connectivity index (χ0n) is 20.0. The predicted octanol–water partition coefficient (Wildman–Crippen LogP) is 4.09. The topological polar surface area (TPSA) is 91.5 Å². The Morgan fingerprint density at radius 3 is 2.42 bits per heavy atom. The van der Waals surface area contributed by atoms with E-state index < -0.39 is 5.78 Å². The zero-order chi connectivity index (χ0) is 25.4. The highest BCUT2D eigenvalue weighted by atomic mass is 32.1. The summed E-state index contributed by atoms with van der Waals surface area (Å²) in [6, 6.07) is 19.0. The molecule has 0 unspecified atom stereocenters. The number of nitrogens with zero attached hydrogens (tertiary/aromatic N) is 3. The SMILES string of the molecule is Cc1cccc(C)c1-n1c(=O)/c(=C/c2ccncc2)s/c1=C(/C#N)C(=O)c1c(C)[nH]c2ccccc12. The fraction of sp³-hybridized carbons (Fsp3) is 0.103. The van der Waals surface area contributed by atoms with E-state index in [0.29, 0.717) is 26.1 Å². The number of fused-ring (bicyclic) bond motifs is 1. The Morgan fingerprint density at radius 2 is 1.72 bits per heavy atom. The van der Waals surface area contributed by atoms with E-state index >= 15 is 0 Å². The molecule has 0 aliphatic carbocycles. The molecule has 5 aromatic rings. The highest BCUT2D eigenvalue weighted by Gasteiger charge is 2.24. The third-order valence-corrected chi connectivity index (χ3v) is 7.26. The Labute approximate surface area is 211 Å². The average Bonchev–Trinajstić information content (AvgIpc) is 3.36. The minimum absolute atomic E-state index is 0.0676. The van der Waals surface area contributed by atoms with Gasteiger partial charge in [-0.3, -0.25) is 19.1 Å². The summed E-state index contributed by atoms with van der Waals surface area (Å²) in [4.78, 5) is 35.0. The second kappa shape index (κ2) is 9.25. The van der Waals surface area contributed by atoms with E-state index in [1.54, 1.807) is 30.6 Å². The van der Waals surface area contributed by atoms with Crippen molar-refractivity contribution in [2.24, 2.45) is 0 Å². The summed E-state index contributed by atoms with van der Waals surface area (Å²) in [6.45, 7) is 5.65. The quantitative estimate of drug-likeness (QED) is 0.384. The minimum atomic E-state index is -0.413. The minimum Gasteiger partial charge on any atom is -0.358 e. The second-order valence-electron chi connectivity index (χ2n) is 8.56. The van der Waals surface area contributed by atoms with Gasteiger partial charge >= 0.3 is 0 Å². The Hall–Kier alpha value is -4.54. The van der Waals surface area contributed by atoms with Crippen LogP contribution in [0, 0.1) is 32.1 Å². The fourth-order valence-electron chi connectivity index (χ4n) is 4.51. The van der Waals surface area contributed by atoms with Gasteiger partial charge in [0.15, 0.2) is 0 Å². The van der Waals surface area contributed by atoms with Gasteiger partial charge in [0.1, 0.15) is 16.3 Å². The van der Waals surface area contributed by atoms with Crippen molar-refractivity contribution in [3.63, 3.8) is 0 Å². The number of carbonyl (C=O) groups excluding carboxylic acids is 1. The van der Waals surface area contributed by atoms with Gasteiger partial charge in [-0.05, 0) is 61.7 Å². The first kappa shape index (κ1) is 23.2. The number of Topliss-reactive ketones (excluding diaryl/α,β-unsaturated/α-hetero) is 1. The third-order valence-electron chi connectivity index (χ3n) is 6.16. The molecule has 0 fully saturated rings. The van der Waals surface area contributed by atoms with Crippen LogP contribution in [0.5, 0.6) is 0 Å². The molecule has 5 rings (SSSR count). The number of hydrogen-bond acceptors (Lipinski definition) is 5. The van der Waals surface area contributed by atoms with Gasteiger partial charge in [-0.2, -0.15) is 5.26 Å². The van der Waals surface area contributed by atoms with Gasteiger partial charge in [-0.15, -0.1) is 11.3 Å². The van der Waals surface area contributed by atoms with Gasteiger partial charge in [-0.1, -0.05) is 36.4 Å². The molecule has 0 atom stereocenters. The molecule has 7 heteroatoms. The summed E-state index contributed by atoms with van der Waals surface area (Å²) in [5.74, 6) is -0.413. The molecular formula is C29H22N4O2S. The second-order valence-corrected chi connectivity index (χ2v) is 9.59. The Morgan fingerprint density at radius 1 is 1.03 bits per heavy atom. The van der Waals surface area contributed by atoms with Crippen molar-refractivity contribution in [3.8, 4) is 11.8 Å². The van der Waals surface area contributed by atoms with Crippen LogP contribution in [0.25, 0.3) is 28.2 Å². The largest absolute Gasteiger partial charge is 0.358 e. The normalized spacial score (nSPS) is 12.6. The van der Waals surface area contributed by atoms with Gasteiger partial charge in [0, 0.05) is 29.0 Å². The molecule has 3 aromatic heterocycles. The number of para-hydroxylation sites is 2. The van der Waals surface area contributed by atoms with Crippen LogP contribution in [0.2, 0.25) is 0 Å². The van der Waals surface area contributed by atoms with E-state index in [4.69, 9.17) is 0 Å². The van der Waals surface area contributed by atoms with Crippen LogP contribution in [0.15, 0.2) is 71.8 Å². The van der Waals surface area contributed by atoms with E-state index in [0.717, 1.165) is 38.9 Å². The maximum absolute atomic E-state index is 13.9. The Kier molecular flexibility index (Phi) is 5.96. The predicted molar refractivity (Wildman–Crippen MR) is 143 cm³/mol. The maximum atomic E-state index is 13.9. The van der Waals surface area contributed by atoms with Crippen LogP contribution in [0.4, 0.5) is 0 Å². The first-order valence-electron chi connectivity index (χ1n) is 11.4. The molecule has 0 saturated carbocycles. The van der Waals surface area contributed by atoms with Crippen LogP contribution >= 0.6 is 11.3 Å². The van der Waals surface area contributed by atoms with Crippen molar-refractivity contribution in [2.75, 3.05) is 0 Å². The number of aromatic nitrogens is 3. The van der Waals surface area contributed by atoms with Gasteiger partial charge in [0.25, 0.3) is 5.56 Å².